The van der Waals surface area contributed by atoms with E-state index in [9.17, 15) is 35.1 Å². The lowest BCUT2D eigenvalue weighted by Crippen LogP contribution is -2.61. The van der Waals surface area contributed by atoms with Crippen LogP contribution in [0.1, 0.15) is 11.1 Å². The van der Waals surface area contributed by atoms with Crippen molar-refractivity contribution in [2.24, 2.45) is 0 Å². The van der Waals surface area contributed by atoms with Gasteiger partial charge >= 0.3 is 11.6 Å². The van der Waals surface area contributed by atoms with Crippen LogP contribution >= 0.6 is 0 Å². The van der Waals surface area contributed by atoms with Gasteiger partial charge in [-0.15, -0.1) is 0 Å². The summed E-state index contributed by atoms with van der Waals surface area (Å²) in [5.74, 6) is -0.955. The van der Waals surface area contributed by atoms with E-state index in [2.05, 4.69) is 0 Å². The van der Waals surface area contributed by atoms with Crippen molar-refractivity contribution in [2.45, 2.75) is 37.6 Å². The summed E-state index contributed by atoms with van der Waals surface area (Å²) in [5, 5.41) is 50.6. The molecule has 2 aromatic carbocycles. The fraction of sp³-hybridized carbons (Fsp3) is 0.286. The molecule has 0 unspecified atom stereocenters. The molecule has 1 fully saturated rings. The van der Waals surface area contributed by atoms with Gasteiger partial charge in [-0.3, -0.25) is 0 Å². The molecule has 1 aliphatic rings. The van der Waals surface area contributed by atoms with Crippen molar-refractivity contribution in [3.05, 3.63) is 76.2 Å². The van der Waals surface area contributed by atoms with Crippen molar-refractivity contribution in [3.8, 4) is 34.3 Å². The molecule has 0 radical (unpaired) electrons. The van der Waals surface area contributed by atoms with Crippen LogP contribution < -0.4 is 15.1 Å². The zero-order valence-electron chi connectivity index (χ0n) is 21.5. The molecule has 4 rings (SSSR count). The van der Waals surface area contributed by atoms with Crippen molar-refractivity contribution in [2.75, 3.05) is 13.7 Å². The van der Waals surface area contributed by atoms with Gasteiger partial charge in [0.2, 0.25) is 6.29 Å². The lowest BCUT2D eigenvalue weighted by molar-refractivity contribution is -0.281. The number of hydrogen-bond donors (Lipinski definition) is 5. The van der Waals surface area contributed by atoms with Crippen molar-refractivity contribution in [3.63, 3.8) is 0 Å². The van der Waals surface area contributed by atoms with Crippen molar-refractivity contribution in [1.29, 1.82) is 0 Å². The maximum atomic E-state index is 12.6. The number of aromatic hydroxyl groups is 2. The van der Waals surface area contributed by atoms with Crippen LogP contribution in [0.2, 0.25) is 0 Å². The fourth-order valence-electron chi connectivity index (χ4n) is 4.17. The quantitative estimate of drug-likeness (QED) is 0.199. The highest BCUT2D eigenvalue weighted by Gasteiger charge is 2.48. The first-order chi connectivity index (χ1) is 19.1. The van der Waals surface area contributed by atoms with E-state index in [0.29, 0.717) is 11.1 Å². The van der Waals surface area contributed by atoms with E-state index in [1.165, 1.54) is 43.5 Å². The highest BCUT2D eigenvalue weighted by atomic mass is 16.7. The Kier molecular flexibility index (Phi) is 8.75. The Labute approximate surface area is 227 Å². The predicted molar refractivity (Wildman–Crippen MR) is 139 cm³/mol. The first-order valence-electron chi connectivity index (χ1n) is 12.1. The smallest absolute Gasteiger partial charge is 0.339 e. The fourth-order valence-corrected chi connectivity index (χ4v) is 4.17. The zero-order chi connectivity index (χ0) is 29.0. The van der Waals surface area contributed by atoms with E-state index in [-0.39, 0.29) is 34.3 Å². The largest absolute Gasteiger partial charge is 0.508 e. The maximum absolute atomic E-state index is 12.6. The third-order valence-electron chi connectivity index (χ3n) is 6.14. The molecule has 1 aromatic heterocycles. The Hall–Kier alpha value is -4.36. The SMILES string of the molecule is COc1cc(-c2c(C)cc(O)cc2O[C@@H]2O[C@H](CO)[C@@H](O)[C@H](O)[C@H]2OC(=O)C=Cc2ccc(O)cc2)oc(=O)c1. The molecule has 5 N–H and O–H groups in total. The van der Waals surface area contributed by atoms with Crippen LogP contribution in [0, 0.1) is 6.92 Å². The molecule has 40 heavy (non-hydrogen) atoms. The minimum atomic E-state index is -1.74. The standard InChI is InChI=1S/C28H28O12/c1-14-9-17(31)10-19(24(14)20-11-18(36-2)12-23(33)37-20)38-28-27(26(35)25(34)21(13-29)39-28)40-22(32)8-5-15-3-6-16(30)7-4-15/h3-12,21,25-31,34-35H,13H2,1-2H3/t21-,25-,26+,27-,28-/m1/s1. The minimum absolute atomic E-state index is 0.0253. The highest BCUT2D eigenvalue weighted by molar-refractivity contribution is 5.87. The summed E-state index contributed by atoms with van der Waals surface area (Å²) in [6, 6.07) is 11.1. The lowest BCUT2D eigenvalue weighted by Gasteiger charge is -2.41. The lowest BCUT2D eigenvalue weighted by atomic mass is 9.98. The van der Waals surface area contributed by atoms with E-state index in [1.54, 1.807) is 19.1 Å². The van der Waals surface area contributed by atoms with Crippen LogP contribution in [0.4, 0.5) is 0 Å². The van der Waals surface area contributed by atoms with Crippen LogP contribution in [0.15, 0.2) is 63.8 Å². The molecule has 2 heterocycles. The maximum Gasteiger partial charge on any atom is 0.339 e. The van der Waals surface area contributed by atoms with Crippen LogP contribution in [0.25, 0.3) is 17.4 Å². The molecule has 0 aliphatic carbocycles. The summed E-state index contributed by atoms with van der Waals surface area (Å²) in [4.78, 5) is 24.8. The number of benzene rings is 2. The molecule has 5 atom stereocenters. The van der Waals surface area contributed by atoms with E-state index in [1.807, 2.05) is 0 Å². The average Bonchev–Trinajstić information content (AvgIpc) is 2.91. The van der Waals surface area contributed by atoms with Gasteiger partial charge in [-0.25, -0.2) is 9.59 Å². The molecule has 0 spiro atoms. The first-order valence-corrected chi connectivity index (χ1v) is 12.1. The molecule has 3 aromatic rings. The first kappa shape index (κ1) is 28.6. The third kappa shape index (κ3) is 6.43. The van der Waals surface area contributed by atoms with E-state index in [4.69, 9.17) is 23.4 Å². The monoisotopic (exact) mass is 556 g/mol. The zero-order valence-corrected chi connectivity index (χ0v) is 21.5. The highest BCUT2D eigenvalue weighted by Crippen LogP contribution is 2.39. The molecular weight excluding hydrogens is 528 g/mol. The van der Waals surface area contributed by atoms with Crippen LogP contribution in [0.5, 0.6) is 23.0 Å². The number of carbonyl (C=O) groups is 1. The Bertz CT molecular complexity index is 1430. The van der Waals surface area contributed by atoms with Gasteiger partial charge in [0, 0.05) is 18.2 Å². The molecule has 12 nitrogen and oxygen atoms in total. The Morgan fingerprint density at radius 2 is 1.75 bits per heavy atom. The van der Waals surface area contributed by atoms with Crippen molar-refractivity contribution in [1.82, 2.24) is 0 Å². The number of hydrogen-bond acceptors (Lipinski definition) is 12. The third-order valence-corrected chi connectivity index (χ3v) is 6.14. The van der Waals surface area contributed by atoms with Gasteiger partial charge in [0.05, 0.1) is 25.3 Å². The number of aryl methyl sites for hydroxylation is 1. The van der Waals surface area contributed by atoms with Crippen molar-refractivity contribution < 1.29 is 53.7 Å². The van der Waals surface area contributed by atoms with Crippen molar-refractivity contribution >= 4 is 12.0 Å². The number of aliphatic hydroxyl groups excluding tert-OH is 3. The van der Waals surface area contributed by atoms with E-state index in [0.717, 1.165) is 12.1 Å². The number of carbonyl (C=O) groups excluding carboxylic acids is 1. The Morgan fingerprint density at radius 1 is 1.02 bits per heavy atom. The normalized spacial score (nSPS) is 22.7. The van der Waals surface area contributed by atoms with Gasteiger partial charge in [-0.2, -0.15) is 0 Å². The van der Waals surface area contributed by atoms with E-state index >= 15 is 0 Å². The molecule has 12 heteroatoms. The molecule has 0 bridgehead atoms. The second-order valence-corrected chi connectivity index (χ2v) is 8.97. The summed E-state index contributed by atoms with van der Waals surface area (Å²) in [7, 11) is 1.37. The van der Waals surface area contributed by atoms with Gasteiger partial charge in [-0.1, -0.05) is 12.1 Å². The summed E-state index contributed by atoms with van der Waals surface area (Å²) in [6.07, 6.45) is -5.39. The summed E-state index contributed by atoms with van der Waals surface area (Å²) < 4.78 is 27.5. The number of rotatable bonds is 8. The number of aliphatic hydroxyl groups is 3. The van der Waals surface area contributed by atoms with Gasteiger partial charge in [0.15, 0.2) is 6.10 Å². The second kappa shape index (κ2) is 12.2. The Balaban J connectivity index is 1.67. The molecular formula is C28H28O12. The topological polar surface area (TPSA) is 185 Å². The number of methoxy groups -OCH3 is 1. The molecule has 0 amide bonds. The van der Waals surface area contributed by atoms with Crippen LogP contribution in [0.3, 0.4) is 0 Å². The molecule has 0 saturated carbocycles. The van der Waals surface area contributed by atoms with Gasteiger partial charge in [0.1, 0.15) is 47.1 Å². The average molecular weight is 557 g/mol. The van der Waals surface area contributed by atoms with E-state index < -0.39 is 48.9 Å². The number of ether oxygens (including phenoxy) is 4. The van der Waals surface area contributed by atoms with Gasteiger partial charge in [-0.05, 0) is 42.3 Å². The van der Waals surface area contributed by atoms with Crippen LogP contribution in [-0.4, -0.2) is 75.9 Å². The summed E-state index contributed by atoms with van der Waals surface area (Å²) in [6.45, 7) is 0.917. The predicted octanol–water partition coefficient (Wildman–Crippen LogP) is 1.48. The number of phenolic OH excluding ortho intramolecular Hbond substituents is 2. The Morgan fingerprint density at radius 3 is 2.42 bits per heavy atom. The number of esters is 1. The summed E-state index contributed by atoms with van der Waals surface area (Å²) >= 11 is 0. The summed E-state index contributed by atoms with van der Waals surface area (Å²) in [5.41, 5.74) is 0.499. The molecule has 1 aliphatic heterocycles. The van der Waals surface area contributed by atoms with Crippen LogP contribution in [-0.2, 0) is 14.3 Å². The molecule has 212 valence electrons. The van der Waals surface area contributed by atoms with Gasteiger partial charge < -0.3 is 48.9 Å². The minimum Gasteiger partial charge on any atom is -0.508 e. The number of phenols is 2. The van der Waals surface area contributed by atoms with Gasteiger partial charge in [0.25, 0.3) is 0 Å². The molecule has 1 saturated heterocycles. The second-order valence-electron chi connectivity index (χ2n) is 8.97.